The second kappa shape index (κ2) is 5.59. The van der Waals surface area contributed by atoms with Gasteiger partial charge < -0.3 is 10.6 Å². The van der Waals surface area contributed by atoms with Gasteiger partial charge in [0.05, 0.1) is 0 Å². The van der Waals surface area contributed by atoms with Gasteiger partial charge in [0.25, 0.3) is 5.91 Å². The van der Waals surface area contributed by atoms with Gasteiger partial charge in [0, 0.05) is 34.2 Å². The first-order chi connectivity index (χ1) is 8.45. The first-order valence-electron chi connectivity index (χ1n) is 5.96. The molecule has 2 unspecified atom stereocenters. The maximum atomic E-state index is 12.4. The number of amides is 1. The van der Waals surface area contributed by atoms with Crippen LogP contribution in [0, 0.1) is 5.92 Å². The van der Waals surface area contributed by atoms with E-state index in [4.69, 9.17) is 17.3 Å². The fourth-order valence-electron chi connectivity index (χ4n) is 2.43. The Kier molecular flexibility index (Phi) is 4.30. The van der Waals surface area contributed by atoms with E-state index in [1.807, 2.05) is 4.90 Å². The van der Waals surface area contributed by atoms with Crippen LogP contribution >= 0.6 is 27.5 Å². The number of benzene rings is 1. The van der Waals surface area contributed by atoms with Gasteiger partial charge >= 0.3 is 0 Å². The lowest BCUT2D eigenvalue weighted by Gasteiger charge is -2.34. The van der Waals surface area contributed by atoms with Crippen molar-refractivity contribution in [1.29, 1.82) is 0 Å². The highest BCUT2D eigenvalue weighted by Crippen LogP contribution is 2.23. The molecule has 1 aromatic carbocycles. The van der Waals surface area contributed by atoms with Crippen molar-refractivity contribution in [3.63, 3.8) is 0 Å². The molecule has 0 radical (unpaired) electrons. The normalized spacial score (nSPS) is 24.1. The molecule has 1 aromatic rings. The summed E-state index contributed by atoms with van der Waals surface area (Å²) < 4.78 is 0.813. The summed E-state index contributed by atoms with van der Waals surface area (Å²) in [4.78, 5) is 14.2. The predicted molar refractivity (Wildman–Crippen MR) is 76.8 cm³/mol. The molecule has 1 fully saturated rings. The van der Waals surface area contributed by atoms with E-state index in [1.54, 1.807) is 18.2 Å². The number of hydrogen-bond donors (Lipinski definition) is 1. The molecule has 2 N–H and O–H groups in total. The van der Waals surface area contributed by atoms with E-state index in [0.29, 0.717) is 23.0 Å². The van der Waals surface area contributed by atoms with Gasteiger partial charge in [-0.15, -0.1) is 0 Å². The van der Waals surface area contributed by atoms with Gasteiger partial charge in [-0.2, -0.15) is 0 Å². The average Bonchev–Trinajstić information content (AvgIpc) is 2.25. The first kappa shape index (κ1) is 13.8. The van der Waals surface area contributed by atoms with Crippen molar-refractivity contribution in [2.24, 2.45) is 11.7 Å². The maximum Gasteiger partial charge on any atom is 0.254 e. The van der Waals surface area contributed by atoms with Gasteiger partial charge in [-0.05, 0) is 30.5 Å². The number of halogens is 2. The van der Waals surface area contributed by atoms with Gasteiger partial charge in [-0.3, -0.25) is 4.79 Å². The molecule has 3 nitrogen and oxygen atoms in total. The van der Waals surface area contributed by atoms with E-state index < -0.39 is 0 Å². The van der Waals surface area contributed by atoms with Gasteiger partial charge in [0.2, 0.25) is 0 Å². The van der Waals surface area contributed by atoms with Crippen LogP contribution in [0.3, 0.4) is 0 Å². The van der Waals surface area contributed by atoms with E-state index in [-0.39, 0.29) is 11.9 Å². The quantitative estimate of drug-likeness (QED) is 0.860. The molecule has 0 saturated carbocycles. The molecule has 1 amide bonds. The minimum absolute atomic E-state index is 0.000185. The second-order valence-electron chi connectivity index (χ2n) is 4.97. The molecular weight excluding hydrogens is 316 g/mol. The lowest BCUT2D eigenvalue weighted by Crippen LogP contribution is -2.48. The highest BCUT2D eigenvalue weighted by molar-refractivity contribution is 9.10. The monoisotopic (exact) mass is 330 g/mol. The first-order valence-corrected chi connectivity index (χ1v) is 7.13. The molecule has 2 atom stereocenters. The van der Waals surface area contributed by atoms with Crippen LogP contribution in [0.1, 0.15) is 23.7 Å². The van der Waals surface area contributed by atoms with Crippen molar-refractivity contribution in [1.82, 2.24) is 4.90 Å². The van der Waals surface area contributed by atoms with Crippen molar-refractivity contribution in [3.8, 4) is 0 Å². The molecule has 0 spiro atoms. The number of hydrogen-bond acceptors (Lipinski definition) is 2. The fraction of sp³-hybridized carbons (Fsp3) is 0.462. The average molecular weight is 332 g/mol. The SMILES string of the molecule is CC1CC(N)CN(C(=O)c2cc(Cl)cc(Br)c2)C1. The highest BCUT2D eigenvalue weighted by Gasteiger charge is 2.26. The van der Waals surface area contributed by atoms with Crippen LogP contribution in [0.4, 0.5) is 0 Å². The van der Waals surface area contributed by atoms with Crippen molar-refractivity contribution >= 4 is 33.4 Å². The van der Waals surface area contributed by atoms with Crippen molar-refractivity contribution in [3.05, 3.63) is 33.3 Å². The number of carbonyl (C=O) groups is 1. The molecule has 1 saturated heterocycles. The summed E-state index contributed by atoms with van der Waals surface area (Å²) in [5, 5.41) is 0.557. The fourth-order valence-corrected chi connectivity index (χ4v) is 3.29. The van der Waals surface area contributed by atoms with Gasteiger partial charge in [0.15, 0.2) is 0 Å². The number of carbonyl (C=O) groups excluding carboxylic acids is 1. The van der Waals surface area contributed by atoms with Crippen LogP contribution in [0.2, 0.25) is 5.02 Å². The van der Waals surface area contributed by atoms with E-state index >= 15 is 0 Å². The summed E-state index contributed by atoms with van der Waals surface area (Å²) in [5.41, 5.74) is 6.57. The Labute approximate surface area is 120 Å². The molecule has 1 heterocycles. The summed E-state index contributed by atoms with van der Waals surface area (Å²) in [7, 11) is 0. The molecule has 18 heavy (non-hydrogen) atoms. The zero-order chi connectivity index (χ0) is 13.3. The zero-order valence-electron chi connectivity index (χ0n) is 10.2. The Morgan fingerprint density at radius 2 is 2.17 bits per heavy atom. The topological polar surface area (TPSA) is 46.3 Å². The lowest BCUT2D eigenvalue weighted by molar-refractivity contribution is 0.0661. The van der Waals surface area contributed by atoms with E-state index in [0.717, 1.165) is 17.4 Å². The number of nitrogens with two attached hydrogens (primary N) is 1. The van der Waals surface area contributed by atoms with Crippen molar-refractivity contribution in [2.75, 3.05) is 13.1 Å². The van der Waals surface area contributed by atoms with Crippen LogP contribution in [0.25, 0.3) is 0 Å². The third-order valence-electron chi connectivity index (χ3n) is 3.09. The molecule has 1 aliphatic rings. The van der Waals surface area contributed by atoms with E-state index in [1.165, 1.54) is 0 Å². The Hall–Kier alpha value is -0.580. The second-order valence-corrected chi connectivity index (χ2v) is 6.32. The largest absolute Gasteiger partial charge is 0.337 e. The molecule has 5 heteroatoms. The van der Waals surface area contributed by atoms with Gasteiger partial charge in [-0.25, -0.2) is 0 Å². The Morgan fingerprint density at radius 1 is 1.44 bits per heavy atom. The van der Waals surface area contributed by atoms with Crippen LogP contribution in [0.5, 0.6) is 0 Å². The molecule has 0 aliphatic carbocycles. The molecule has 98 valence electrons. The smallest absolute Gasteiger partial charge is 0.254 e. The Balaban J connectivity index is 2.20. The van der Waals surface area contributed by atoms with Crippen molar-refractivity contribution < 1.29 is 4.79 Å². The summed E-state index contributed by atoms with van der Waals surface area (Å²) in [6.45, 7) is 3.50. The number of piperidine rings is 1. The maximum absolute atomic E-state index is 12.4. The minimum Gasteiger partial charge on any atom is -0.337 e. The third kappa shape index (κ3) is 3.25. The zero-order valence-corrected chi connectivity index (χ0v) is 12.5. The molecular formula is C13H16BrClN2O. The molecule has 2 rings (SSSR count). The summed E-state index contributed by atoms with van der Waals surface area (Å²) >= 11 is 9.31. The molecule has 1 aliphatic heterocycles. The van der Waals surface area contributed by atoms with Crippen molar-refractivity contribution in [2.45, 2.75) is 19.4 Å². The number of rotatable bonds is 1. The standard InChI is InChI=1S/C13H16BrClN2O/c1-8-2-12(16)7-17(6-8)13(18)9-3-10(14)5-11(15)4-9/h3-5,8,12H,2,6-7,16H2,1H3. The van der Waals surface area contributed by atoms with Crippen LogP contribution in [-0.4, -0.2) is 29.9 Å². The van der Waals surface area contributed by atoms with Gasteiger partial charge in [0.1, 0.15) is 0 Å². The van der Waals surface area contributed by atoms with Crippen LogP contribution in [0.15, 0.2) is 22.7 Å². The van der Waals surface area contributed by atoms with Gasteiger partial charge in [-0.1, -0.05) is 34.5 Å². The number of nitrogens with zero attached hydrogens (tertiary/aromatic N) is 1. The summed E-state index contributed by atoms with van der Waals surface area (Å²) in [6.07, 6.45) is 0.975. The number of likely N-dealkylation sites (tertiary alicyclic amines) is 1. The third-order valence-corrected chi connectivity index (χ3v) is 3.76. The van der Waals surface area contributed by atoms with Crippen LogP contribution < -0.4 is 5.73 Å². The lowest BCUT2D eigenvalue weighted by atomic mass is 9.96. The predicted octanol–water partition coefficient (Wildman–Crippen LogP) is 2.91. The van der Waals surface area contributed by atoms with E-state index in [2.05, 4.69) is 22.9 Å². The highest BCUT2D eigenvalue weighted by atomic mass is 79.9. The Morgan fingerprint density at radius 3 is 2.78 bits per heavy atom. The van der Waals surface area contributed by atoms with E-state index in [9.17, 15) is 4.79 Å². The van der Waals surface area contributed by atoms with Crippen LogP contribution in [-0.2, 0) is 0 Å². The Bertz CT molecular complexity index is 436. The molecule has 0 aromatic heterocycles. The molecule has 0 bridgehead atoms. The summed E-state index contributed by atoms with van der Waals surface area (Å²) in [5.74, 6) is 0.445. The summed E-state index contributed by atoms with van der Waals surface area (Å²) in [6, 6.07) is 5.32. The minimum atomic E-state index is 0.000185.